The van der Waals surface area contributed by atoms with E-state index in [1.165, 1.54) is 39.0 Å². The van der Waals surface area contributed by atoms with Gasteiger partial charge in [0.15, 0.2) is 11.0 Å². The Morgan fingerprint density at radius 1 is 0.976 bits per heavy atom. The lowest BCUT2D eigenvalue weighted by Gasteiger charge is -2.43. The van der Waals surface area contributed by atoms with Crippen molar-refractivity contribution in [2.75, 3.05) is 81.8 Å². The standard InChI is InChI=1S/C29H40ClN8O2P/c1-5-36-16-18-38(19-17-36)22-12-14-37(15-13-22)23-8-11-25(26(20-23)40-2)32-29-33-28(27(30)34-35-29)31-21-6-9-24(10-7-21)41(3,4)39/h6-11,20,22H,5,12-19H2,1-4H3,(H2,31,32,33,35). The molecule has 1 aromatic heterocycles. The third-order valence-corrected chi connectivity index (χ3v) is 9.83. The number of halogens is 1. The van der Waals surface area contributed by atoms with Gasteiger partial charge in [0.1, 0.15) is 12.9 Å². The zero-order chi connectivity index (χ0) is 29.0. The highest BCUT2D eigenvalue weighted by molar-refractivity contribution is 7.70. The number of methoxy groups -OCH3 is 1. The number of hydrogen-bond acceptors (Lipinski definition) is 10. The van der Waals surface area contributed by atoms with Crippen LogP contribution in [0.5, 0.6) is 5.75 Å². The second-order valence-electron chi connectivity index (χ2n) is 11.0. The highest BCUT2D eigenvalue weighted by atomic mass is 35.5. The van der Waals surface area contributed by atoms with Gasteiger partial charge in [-0.15, -0.1) is 10.2 Å². The van der Waals surface area contributed by atoms with Gasteiger partial charge in [0.05, 0.1) is 12.8 Å². The molecule has 0 amide bonds. The van der Waals surface area contributed by atoms with Crippen LogP contribution in [0.15, 0.2) is 42.5 Å². The molecule has 3 heterocycles. The third kappa shape index (κ3) is 7.30. The summed E-state index contributed by atoms with van der Waals surface area (Å²) in [6.07, 6.45) is 2.35. The van der Waals surface area contributed by atoms with Gasteiger partial charge in [-0.3, -0.25) is 4.90 Å². The van der Waals surface area contributed by atoms with Crippen LogP contribution in [0.4, 0.5) is 28.8 Å². The molecule has 5 rings (SSSR count). The predicted octanol–water partition coefficient (Wildman–Crippen LogP) is 4.88. The summed E-state index contributed by atoms with van der Waals surface area (Å²) < 4.78 is 18.0. The van der Waals surface area contributed by atoms with E-state index in [1.807, 2.05) is 30.3 Å². The van der Waals surface area contributed by atoms with E-state index in [0.717, 1.165) is 42.0 Å². The van der Waals surface area contributed by atoms with E-state index in [1.54, 1.807) is 20.4 Å². The molecular formula is C29H40ClN8O2P. The molecule has 2 aliphatic heterocycles. The van der Waals surface area contributed by atoms with Crippen LogP contribution < -0.4 is 25.6 Å². The number of rotatable bonds is 9. The summed E-state index contributed by atoms with van der Waals surface area (Å²) in [6.45, 7) is 13.7. The second kappa shape index (κ2) is 12.9. The maximum atomic E-state index is 12.3. The summed E-state index contributed by atoms with van der Waals surface area (Å²) in [5.41, 5.74) is 2.64. The van der Waals surface area contributed by atoms with E-state index in [2.05, 4.69) is 59.6 Å². The van der Waals surface area contributed by atoms with E-state index < -0.39 is 7.14 Å². The number of benzene rings is 2. The summed E-state index contributed by atoms with van der Waals surface area (Å²) in [4.78, 5) is 12.2. The first-order valence-corrected chi connectivity index (χ1v) is 17.2. The van der Waals surface area contributed by atoms with Crippen LogP contribution in [0.25, 0.3) is 0 Å². The summed E-state index contributed by atoms with van der Waals surface area (Å²) in [5, 5.41) is 15.5. The lowest BCUT2D eigenvalue weighted by Crippen LogP contribution is -2.53. The number of aromatic nitrogens is 3. The number of nitrogens with one attached hydrogen (secondary N) is 2. The topological polar surface area (TPSA) is 98.8 Å². The normalized spacial score (nSPS) is 17.4. The van der Waals surface area contributed by atoms with E-state index in [-0.39, 0.29) is 11.1 Å². The van der Waals surface area contributed by atoms with Crippen LogP contribution in [0.2, 0.25) is 5.15 Å². The minimum absolute atomic E-state index is 0.147. The lowest BCUT2D eigenvalue weighted by molar-refractivity contribution is 0.0878. The van der Waals surface area contributed by atoms with Gasteiger partial charge >= 0.3 is 0 Å². The Bertz CT molecular complexity index is 1370. The van der Waals surface area contributed by atoms with Crippen molar-refractivity contribution in [3.63, 3.8) is 0 Å². The predicted molar refractivity (Wildman–Crippen MR) is 169 cm³/mol. The molecule has 0 bridgehead atoms. The Morgan fingerprint density at radius 3 is 2.32 bits per heavy atom. The van der Waals surface area contributed by atoms with E-state index in [9.17, 15) is 4.57 Å². The fourth-order valence-corrected chi connectivity index (χ4v) is 6.51. The summed E-state index contributed by atoms with van der Waals surface area (Å²) >= 11 is 6.28. The van der Waals surface area contributed by atoms with Crippen molar-refractivity contribution in [2.24, 2.45) is 0 Å². The van der Waals surface area contributed by atoms with Crippen molar-refractivity contribution in [3.05, 3.63) is 47.6 Å². The number of hydrogen-bond donors (Lipinski definition) is 2. The van der Waals surface area contributed by atoms with Crippen LogP contribution in [-0.4, -0.2) is 97.3 Å². The molecular weight excluding hydrogens is 559 g/mol. The first kappa shape index (κ1) is 29.6. The van der Waals surface area contributed by atoms with Gasteiger partial charge in [-0.2, -0.15) is 4.98 Å². The van der Waals surface area contributed by atoms with E-state index in [4.69, 9.17) is 16.3 Å². The highest BCUT2D eigenvalue weighted by Gasteiger charge is 2.27. The van der Waals surface area contributed by atoms with Gasteiger partial charge in [0.25, 0.3) is 0 Å². The smallest absolute Gasteiger partial charge is 0.249 e. The molecule has 2 aromatic carbocycles. The first-order chi connectivity index (χ1) is 19.7. The Hall–Kier alpha value is -2.91. The summed E-state index contributed by atoms with van der Waals surface area (Å²) in [5.74, 6) is 1.35. The van der Waals surface area contributed by atoms with Gasteiger partial charge in [0, 0.05) is 68.1 Å². The number of nitrogens with zero attached hydrogens (tertiary/aromatic N) is 6. The van der Waals surface area contributed by atoms with Gasteiger partial charge in [-0.25, -0.2) is 0 Å². The summed E-state index contributed by atoms with van der Waals surface area (Å²) in [6, 6.07) is 14.2. The van der Waals surface area contributed by atoms with Crippen LogP contribution >= 0.6 is 18.7 Å². The molecule has 2 N–H and O–H groups in total. The van der Waals surface area contributed by atoms with Gasteiger partial charge in [-0.05, 0) is 69.1 Å². The SMILES string of the molecule is CCN1CCN(C2CCN(c3ccc(Nc4nnc(Cl)c(Nc5ccc(P(C)(C)=O)cc5)n4)c(OC)c3)CC2)CC1. The molecule has 0 saturated carbocycles. The molecule has 10 nitrogen and oxygen atoms in total. The molecule has 2 saturated heterocycles. The van der Waals surface area contributed by atoms with Gasteiger partial charge in [-0.1, -0.05) is 18.5 Å². The monoisotopic (exact) mass is 598 g/mol. The van der Waals surface area contributed by atoms with Gasteiger partial charge in [0.2, 0.25) is 5.95 Å². The molecule has 2 fully saturated rings. The molecule has 2 aliphatic rings. The Morgan fingerprint density at radius 2 is 1.68 bits per heavy atom. The van der Waals surface area contributed by atoms with Crippen molar-refractivity contribution in [1.82, 2.24) is 25.0 Å². The number of anilines is 5. The number of ether oxygens (including phenoxy) is 1. The summed E-state index contributed by atoms with van der Waals surface area (Å²) in [7, 11) is -0.667. The molecule has 0 unspecified atom stereocenters. The first-order valence-electron chi connectivity index (χ1n) is 14.2. The fraction of sp³-hybridized carbons (Fsp3) is 0.483. The largest absolute Gasteiger partial charge is 0.494 e. The number of piperidine rings is 1. The van der Waals surface area contributed by atoms with Crippen molar-refractivity contribution >= 4 is 52.9 Å². The zero-order valence-electron chi connectivity index (χ0n) is 24.3. The minimum atomic E-state index is -2.33. The minimum Gasteiger partial charge on any atom is -0.494 e. The molecule has 41 heavy (non-hydrogen) atoms. The van der Waals surface area contributed by atoms with E-state index in [0.29, 0.717) is 17.6 Å². The Labute approximate surface area is 247 Å². The van der Waals surface area contributed by atoms with Crippen LogP contribution in [0.1, 0.15) is 19.8 Å². The quantitative estimate of drug-likeness (QED) is 0.332. The zero-order valence-corrected chi connectivity index (χ0v) is 26.0. The van der Waals surface area contributed by atoms with Crippen LogP contribution in [0, 0.1) is 0 Å². The molecule has 12 heteroatoms. The maximum Gasteiger partial charge on any atom is 0.249 e. The molecule has 0 radical (unpaired) electrons. The Balaban J connectivity index is 1.22. The van der Waals surface area contributed by atoms with Crippen molar-refractivity contribution in [3.8, 4) is 5.75 Å². The molecule has 3 aromatic rings. The van der Waals surface area contributed by atoms with Crippen molar-refractivity contribution < 1.29 is 9.30 Å². The lowest BCUT2D eigenvalue weighted by atomic mass is 10.0. The van der Waals surface area contributed by atoms with Crippen molar-refractivity contribution in [1.29, 1.82) is 0 Å². The number of piperazine rings is 1. The van der Waals surface area contributed by atoms with Crippen LogP contribution in [0.3, 0.4) is 0 Å². The Kier molecular flexibility index (Phi) is 9.34. The average Bonchev–Trinajstić information content (AvgIpc) is 2.99. The highest BCUT2D eigenvalue weighted by Crippen LogP contribution is 2.36. The van der Waals surface area contributed by atoms with Crippen LogP contribution in [-0.2, 0) is 4.57 Å². The maximum absolute atomic E-state index is 12.3. The molecule has 220 valence electrons. The number of likely N-dealkylation sites (N-methyl/N-ethyl adjacent to an activating group) is 1. The second-order valence-corrected chi connectivity index (χ2v) is 14.6. The average molecular weight is 599 g/mol. The van der Waals surface area contributed by atoms with Crippen molar-refractivity contribution in [2.45, 2.75) is 25.8 Å². The molecule has 0 atom stereocenters. The third-order valence-electron chi connectivity index (χ3n) is 8.03. The molecule has 0 aliphatic carbocycles. The fourth-order valence-electron chi connectivity index (χ4n) is 5.52. The van der Waals surface area contributed by atoms with E-state index >= 15 is 0 Å². The molecule has 0 spiro atoms. The van der Waals surface area contributed by atoms with Gasteiger partial charge < -0.3 is 29.7 Å².